The fourth-order valence-electron chi connectivity index (χ4n) is 2.17. The number of hydrogen-bond donors (Lipinski definition) is 2. The first-order valence-electron chi connectivity index (χ1n) is 9.01. The maximum Gasteiger partial charge on any atom is 0.303 e. The molecule has 0 unspecified atom stereocenters. The zero-order valence-corrected chi connectivity index (χ0v) is 14.6. The Bertz CT molecular complexity index is 356. The van der Waals surface area contributed by atoms with Gasteiger partial charge in [-0.15, -0.1) is 0 Å². The smallest absolute Gasteiger partial charge is 0.303 e. The number of hydrogen-bond acceptors (Lipinski definition) is 2. The van der Waals surface area contributed by atoms with Gasteiger partial charge in [-0.1, -0.05) is 56.2 Å². The Balaban J connectivity index is 3.47. The number of unbranched alkanes of at least 4 members (excludes halogenated alkanes) is 4. The van der Waals surface area contributed by atoms with Crippen LogP contribution in [0.2, 0.25) is 0 Å². The Labute approximate surface area is 141 Å². The number of carboxylic acid groups (broad SMARTS) is 1. The zero-order valence-electron chi connectivity index (χ0n) is 14.6. The largest absolute Gasteiger partial charge is 0.481 e. The Morgan fingerprint density at radius 2 is 1.57 bits per heavy atom. The van der Waals surface area contributed by atoms with Crippen LogP contribution in [0.5, 0.6) is 0 Å². The topological polar surface area (TPSA) is 57.5 Å². The quantitative estimate of drug-likeness (QED) is 0.313. The summed E-state index contributed by atoms with van der Waals surface area (Å²) in [4.78, 5) is 10.3. The minimum atomic E-state index is -0.729. The summed E-state index contributed by atoms with van der Waals surface area (Å²) < 4.78 is 0. The maximum absolute atomic E-state index is 10.3. The molecule has 0 bridgehead atoms. The molecule has 132 valence electrons. The first kappa shape index (κ1) is 21.6. The molecule has 0 heterocycles. The molecule has 0 aliphatic carbocycles. The van der Waals surface area contributed by atoms with Crippen LogP contribution in [0.1, 0.15) is 77.6 Å². The van der Waals surface area contributed by atoms with Crippen molar-refractivity contribution >= 4 is 5.97 Å². The average molecular weight is 322 g/mol. The number of carbonyl (C=O) groups is 1. The van der Waals surface area contributed by atoms with Crippen LogP contribution >= 0.6 is 0 Å². The third kappa shape index (κ3) is 18.6. The van der Waals surface area contributed by atoms with E-state index in [9.17, 15) is 9.90 Å². The van der Waals surface area contributed by atoms with Crippen LogP contribution in [0.4, 0.5) is 0 Å². The summed E-state index contributed by atoms with van der Waals surface area (Å²) in [6.07, 6.45) is 22.3. The number of aliphatic hydroxyl groups excluding tert-OH is 1. The van der Waals surface area contributed by atoms with Gasteiger partial charge in [0.05, 0.1) is 6.10 Å². The average Bonchev–Trinajstić information content (AvgIpc) is 2.52. The van der Waals surface area contributed by atoms with Crippen molar-refractivity contribution in [2.75, 3.05) is 0 Å². The SMILES string of the molecule is CCCCC/C=C\C[C@H](O)CC/C=C\C/C=C\CCCC(=O)O. The van der Waals surface area contributed by atoms with Crippen molar-refractivity contribution < 1.29 is 15.0 Å². The van der Waals surface area contributed by atoms with E-state index in [1.807, 2.05) is 6.08 Å². The molecule has 0 aromatic carbocycles. The van der Waals surface area contributed by atoms with Gasteiger partial charge in [0.1, 0.15) is 0 Å². The first-order valence-corrected chi connectivity index (χ1v) is 9.01. The minimum Gasteiger partial charge on any atom is -0.481 e. The Hall–Kier alpha value is -1.35. The summed E-state index contributed by atoms with van der Waals surface area (Å²) in [5.74, 6) is -0.729. The third-order valence-electron chi connectivity index (χ3n) is 3.58. The third-order valence-corrected chi connectivity index (χ3v) is 3.58. The summed E-state index contributed by atoms with van der Waals surface area (Å²) in [5, 5.41) is 18.4. The first-order chi connectivity index (χ1) is 11.2. The molecule has 0 aromatic rings. The highest BCUT2D eigenvalue weighted by atomic mass is 16.4. The van der Waals surface area contributed by atoms with E-state index >= 15 is 0 Å². The van der Waals surface area contributed by atoms with Gasteiger partial charge in [0, 0.05) is 6.42 Å². The molecule has 0 rings (SSSR count). The van der Waals surface area contributed by atoms with E-state index in [-0.39, 0.29) is 12.5 Å². The lowest BCUT2D eigenvalue weighted by Crippen LogP contribution is -2.03. The Morgan fingerprint density at radius 1 is 0.913 bits per heavy atom. The van der Waals surface area contributed by atoms with Crippen molar-refractivity contribution in [2.24, 2.45) is 0 Å². The molecule has 0 fully saturated rings. The normalized spacial score (nSPS) is 13.5. The van der Waals surface area contributed by atoms with Crippen LogP contribution in [0.25, 0.3) is 0 Å². The molecule has 0 radical (unpaired) electrons. The molecule has 0 spiro atoms. The molecule has 0 saturated heterocycles. The van der Waals surface area contributed by atoms with Gasteiger partial charge in [-0.25, -0.2) is 0 Å². The van der Waals surface area contributed by atoms with E-state index in [0.29, 0.717) is 6.42 Å². The Morgan fingerprint density at radius 3 is 2.26 bits per heavy atom. The van der Waals surface area contributed by atoms with Gasteiger partial charge < -0.3 is 10.2 Å². The number of carboxylic acids is 1. The van der Waals surface area contributed by atoms with E-state index in [2.05, 4.69) is 37.3 Å². The lowest BCUT2D eigenvalue weighted by Gasteiger charge is -2.05. The van der Waals surface area contributed by atoms with Gasteiger partial charge in [0.2, 0.25) is 0 Å². The molecule has 0 saturated carbocycles. The predicted octanol–water partition coefficient (Wildman–Crippen LogP) is 5.41. The molecule has 3 heteroatoms. The number of rotatable bonds is 15. The molecule has 0 aromatic heterocycles. The molecular weight excluding hydrogens is 288 g/mol. The maximum atomic E-state index is 10.3. The van der Waals surface area contributed by atoms with Crippen molar-refractivity contribution in [1.82, 2.24) is 0 Å². The van der Waals surface area contributed by atoms with Gasteiger partial charge >= 0.3 is 5.97 Å². The van der Waals surface area contributed by atoms with Crippen LogP contribution < -0.4 is 0 Å². The lowest BCUT2D eigenvalue weighted by molar-refractivity contribution is -0.137. The fraction of sp³-hybridized carbons (Fsp3) is 0.650. The lowest BCUT2D eigenvalue weighted by atomic mass is 10.1. The number of aliphatic carboxylic acids is 1. The Kier molecular flexibility index (Phi) is 16.0. The van der Waals surface area contributed by atoms with E-state index in [4.69, 9.17) is 5.11 Å². The van der Waals surface area contributed by atoms with Crippen molar-refractivity contribution in [1.29, 1.82) is 0 Å². The molecule has 23 heavy (non-hydrogen) atoms. The summed E-state index contributed by atoms with van der Waals surface area (Å²) in [5.41, 5.74) is 0. The summed E-state index contributed by atoms with van der Waals surface area (Å²) in [6.45, 7) is 2.20. The fourth-order valence-corrected chi connectivity index (χ4v) is 2.17. The molecule has 0 amide bonds. The molecule has 3 nitrogen and oxygen atoms in total. The summed E-state index contributed by atoms with van der Waals surface area (Å²) >= 11 is 0. The zero-order chi connectivity index (χ0) is 17.2. The van der Waals surface area contributed by atoms with E-state index in [1.165, 1.54) is 19.3 Å². The summed E-state index contributed by atoms with van der Waals surface area (Å²) in [6, 6.07) is 0. The highest BCUT2D eigenvalue weighted by molar-refractivity contribution is 5.66. The second-order valence-electron chi connectivity index (χ2n) is 5.90. The molecular formula is C20H34O3. The molecule has 2 N–H and O–H groups in total. The van der Waals surface area contributed by atoms with E-state index in [0.717, 1.165) is 38.5 Å². The standard InChI is InChI=1S/C20H34O3/c1-2-3-4-5-10-13-16-19(21)17-14-11-8-6-7-9-12-15-18-20(22)23/h7-11,13,19,21H,2-6,12,14-18H2,1H3,(H,22,23)/b9-7-,11-8-,13-10-/t19-/m0/s1. The van der Waals surface area contributed by atoms with Gasteiger partial charge in [0.15, 0.2) is 0 Å². The van der Waals surface area contributed by atoms with Gasteiger partial charge in [-0.3, -0.25) is 4.79 Å². The van der Waals surface area contributed by atoms with Crippen molar-refractivity contribution in [3.05, 3.63) is 36.5 Å². The second-order valence-corrected chi connectivity index (χ2v) is 5.90. The summed E-state index contributed by atoms with van der Waals surface area (Å²) in [7, 11) is 0. The second kappa shape index (κ2) is 17.0. The van der Waals surface area contributed by atoms with E-state index < -0.39 is 5.97 Å². The van der Waals surface area contributed by atoms with Crippen LogP contribution in [-0.2, 0) is 4.79 Å². The van der Waals surface area contributed by atoms with Crippen molar-refractivity contribution in [3.8, 4) is 0 Å². The predicted molar refractivity (Wildman–Crippen MR) is 97.5 cm³/mol. The van der Waals surface area contributed by atoms with Crippen molar-refractivity contribution in [3.63, 3.8) is 0 Å². The van der Waals surface area contributed by atoms with Gasteiger partial charge in [-0.05, 0) is 51.4 Å². The highest BCUT2D eigenvalue weighted by Gasteiger charge is 1.98. The molecule has 0 aliphatic heterocycles. The highest BCUT2D eigenvalue weighted by Crippen LogP contribution is 2.06. The van der Waals surface area contributed by atoms with Crippen LogP contribution in [0.3, 0.4) is 0 Å². The van der Waals surface area contributed by atoms with Crippen LogP contribution in [-0.4, -0.2) is 22.3 Å². The monoisotopic (exact) mass is 322 g/mol. The van der Waals surface area contributed by atoms with Gasteiger partial charge in [-0.2, -0.15) is 0 Å². The molecule has 1 atom stereocenters. The van der Waals surface area contributed by atoms with Crippen LogP contribution in [0.15, 0.2) is 36.5 Å². The number of aliphatic hydroxyl groups is 1. The van der Waals surface area contributed by atoms with Crippen molar-refractivity contribution in [2.45, 2.75) is 83.7 Å². The number of allylic oxidation sites excluding steroid dienone is 5. The van der Waals surface area contributed by atoms with E-state index in [1.54, 1.807) is 0 Å². The van der Waals surface area contributed by atoms with Crippen LogP contribution in [0, 0.1) is 0 Å². The minimum absolute atomic E-state index is 0.241. The van der Waals surface area contributed by atoms with Gasteiger partial charge in [0.25, 0.3) is 0 Å². The molecule has 0 aliphatic rings.